The molecule has 0 heterocycles. The molecule has 0 saturated heterocycles. The molecule has 0 fully saturated rings. The summed E-state index contributed by atoms with van der Waals surface area (Å²) in [6.07, 6.45) is 0. The van der Waals surface area contributed by atoms with Crippen LogP contribution in [0, 0.1) is 5.82 Å². The Morgan fingerprint density at radius 3 is 2.45 bits per heavy atom. The fraction of sp³-hybridized carbons (Fsp3) is 0.125. The van der Waals surface area contributed by atoms with E-state index in [4.69, 9.17) is 9.47 Å². The Morgan fingerprint density at radius 1 is 1.14 bits per heavy atom. The molecule has 0 radical (unpaired) electrons. The van der Waals surface area contributed by atoms with Crippen LogP contribution in [0.2, 0.25) is 0 Å². The first kappa shape index (κ1) is 16.2. The highest BCUT2D eigenvalue weighted by Crippen LogP contribution is 2.23. The lowest BCUT2D eigenvalue weighted by Gasteiger charge is -2.08. The molecule has 2 aromatic carbocycles. The molecule has 0 bridgehead atoms. The van der Waals surface area contributed by atoms with E-state index in [0.29, 0.717) is 10.2 Å². The van der Waals surface area contributed by atoms with Crippen LogP contribution in [0.15, 0.2) is 46.9 Å². The molecule has 2 aromatic rings. The number of Topliss-reactive ketones (excluding diaryl/α,β-unsaturated/α-hetero) is 1. The zero-order chi connectivity index (χ0) is 16.1. The summed E-state index contributed by atoms with van der Waals surface area (Å²) in [6.45, 7) is -0.423. The van der Waals surface area contributed by atoms with Crippen LogP contribution in [0.5, 0.6) is 5.75 Å². The molecule has 0 aromatic heterocycles. The van der Waals surface area contributed by atoms with Crippen molar-refractivity contribution in [2.75, 3.05) is 13.7 Å². The van der Waals surface area contributed by atoms with E-state index < -0.39 is 24.2 Å². The Morgan fingerprint density at radius 2 is 1.82 bits per heavy atom. The van der Waals surface area contributed by atoms with E-state index in [1.807, 2.05) is 0 Å². The second kappa shape index (κ2) is 7.17. The minimum absolute atomic E-state index is 0.256. The van der Waals surface area contributed by atoms with Crippen LogP contribution >= 0.6 is 15.9 Å². The molecule has 0 aliphatic rings. The van der Waals surface area contributed by atoms with Crippen LogP contribution in [0.1, 0.15) is 20.7 Å². The van der Waals surface area contributed by atoms with Crippen molar-refractivity contribution >= 4 is 27.7 Å². The minimum atomic E-state index is -0.652. The fourth-order valence-electron chi connectivity index (χ4n) is 1.72. The maximum absolute atomic E-state index is 12.8. The number of esters is 1. The van der Waals surface area contributed by atoms with Crippen LogP contribution in [0.4, 0.5) is 4.39 Å². The highest BCUT2D eigenvalue weighted by Gasteiger charge is 2.15. The molecule has 0 amide bonds. The quantitative estimate of drug-likeness (QED) is 0.598. The summed E-state index contributed by atoms with van der Waals surface area (Å²) in [5.74, 6) is -0.998. The van der Waals surface area contributed by atoms with Crippen LogP contribution in [-0.4, -0.2) is 25.5 Å². The predicted molar refractivity (Wildman–Crippen MR) is 81.7 cm³/mol. The minimum Gasteiger partial charge on any atom is -0.497 e. The average Bonchev–Trinajstić information content (AvgIpc) is 2.53. The van der Waals surface area contributed by atoms with Crippen molar-refractivity contribution in [3.05, 3.63) is 63.9 Å². The van der Waals surface area contributed by atoms with Crippen molar-refractivity contribution < 1.29 is 23.5 Å². The summed E-state index contributed by atoms with van der Waals surface area (Å²) in [5, 5.41) is 0. The molecule has 0 unspecified atom stereocenters. The lowest BCUT2D eigenvalue weighted by Crippen LogP contribution is -2.14. The highest BCUT2D eigenvalue weighted by atomic mass is 79.9. The number of benzene rings is 2. The topological polar surface area (TPSA) is 52.6 Å². The molecule has 4 nitrogen and oxygen atoms in total. The second-order valence-electron chi connectivity index (χ2n) is 4.35. The Kier molecular flexibility index (Phi) is 5.27. The number of rotatable bonds is 5. The number of ether oxygens (including phenoxy) is 2. The van der Waals surface area contributed by atoms with Crippen molar-refractivity contribution in [1.82, 2.24) is 0 Å². The number of carbonyl (C=O) groups excluding carboxylic acids is 2. The van der Waals surface area contributed by atoms with Crippen LogP contribution in [0.3, 0.4) is 0 Å². The third kappa shape index (κ3) is 3.92. The van der Waals surface area contributed by atoms with Gasteiger partial charge in [0.05, 0.1) is 12.7 Å². The van der Waals surface area contributed by atoms with Gasteiger partial charge in [0.25, 0.3) is 0 Å². The molecule has 0 spiro atoms. The Bertz CT molecular complexity index is 698. The first-order valence-corrected chi connectivity index (χ1v) is 7.10. The number of carbonyl (C=O) groups is 2. The number of hydrogen-bond donors (Lipinski definition) is 0. The zero-order valence-corrected chi connectivity index (χ0v) is 13.2. The molecular weight excluding hydrogens is 355 g/mol. The van der Waals surface area contributed by atoms with Gasteiger partial charge in [-0.2, -0.15) is 0 Å². The number of methoxy groups -OCH3 is 1. The predicted octanol–water partition coefficient (Wildman–Crippen LogP) is 3.64. The summed E-state index contributed by atoms with van der Waals surface area (Å²) in [5.41, 5.74) is 0.533. The molecule has 0 atom stereocenters. The van der Waals surface area contributed by atoms with Crippen LogP contribution in [0.25, 0.3) is 0 Å². The van der Waals surface area contributed by atoms with Gasteiger partial charge >= 0.3 is 5.97 Å². The third-order valence-corrected chi connectivity index (χ3v) is 3.59. The smallest absolute Gasteiger partial charge is 0.339 e. The van der Waals surface area contributed by atoms with Crippen molar-refractivity contribution in [2.45, 2.75) is 0 Å². The second-order valence-corrected chi connectivity index (χ2v) is 5.21. The van der Waals surface area contributed by atoms with E-state index in [1.165, 1.54) is 37.4 Å². The maximum Gasteiger partial charge on any atom is 0.339 e. The van der Waals surface area contributed by atoms with Gasteiger partial charge in [-0.3, -0.25) is 4.79 Å². The molecule has 22 heavy (non-hydrogen) atoms. The van der Waals surface area contributed by atoms with Crippen molar-refractivity contribution in [3.8, 4) is 5.75 Å². The first-order chi connectivity index (χ1) is 10.5. The van der Waals surface area contributed by atoms with Crippen LogP contribution < -0.4 is 4.74 Å². The van der Waals surface area contributed by atoms with E-state index >= 15 is 0 Å². The monoisotopic (exact) mass is 366 g/mol. The van der Waals surface area contributed by atoms with Crippen molar-refractivity contribution in [3.63, 3.8) is 0 Å². The van der Waals surface area contributed by atoms with Gasteiger partial charge in [-0.05, 0) is 58.4 Å². The Balaban J connectivity index is 2.03. The highest BCUT2D eigenvalue weighted by molar-refractivity contribution is 9.10. The molecule has 0 N–H and O–H groups in total. The molecule has 114 valence electrons. The van der Waals surface area contributed by atoms with Gasteiger partial charge in [0, 0.05) is 10.0 Å². The number of hydrogen-bond acceptors (Lipinski definition) is 4. The van der Waals surface area contributed by atoms with Gasteiger partial charge in [-0.1, -0.05) is 0 Å². The molecule has 2 rings (SSSR count). The van der Waals surface area contributed by atoms with Gasteiger partial charge in [-0.25, -0.2) is 9.18 Å². The third-order valence-electron chi connectivity index (χ3n) is 2.89. The lowest BCUT2D eigenvalue weighted by atomic mass is 10.1. The molecule has 0 aliphatic heterocycles. The van der Waals surface area contributed by atoms with E-state index in [9.17, 15) is 14.0 Å². The summed E-state index contributed by atoms with van der Waals surface area (Å²) in [7, 11) is 1.48. The number of halogens is 2. The van der Waals surface area contributed by atoms with Gasteiger partial charge < -0.3 is 9.47 Å². The Hall–Kier alpha value is -2.21. The van der Waals surface area contributed by atoms with Gasteiger partial charge in [0.1, 0.15) is 11.6 Å². The molecule has 6 heteroatoms. The Labute approximate surface area is 135 Å². The zero-order valence-electron chi connectivity index (χ0n) is 11.6. The summed E-state index contributed by atoms with van der Waals surface area (Å²) in [6, 6.07) is 9.87. The van der Waals surface area contributed by atoms with Crippen LogP contribution in [-0.2, 0) is 4.74 Å². The maximum atomic E-state index is 12.8. The molecule has 0 aliphatic carbocycles. The van der Waals surface area contributed by atoms with E-state index in [2.05, 4.69) is 15.9 Å². The van der Waals surface area contributed by atoms with Gasteiger partial charge in [0.2, 0.25) is 0 Å². The van der Waals surface area contributed by atoms with E-state index in [-0.39, 0.29) is 11.1 Å². The van der Waals surface area contributed by atoms with Crippen molar-refractivity contribution in [2.24, 2.45) is 0 Å². The average molecular weight is 367 g/mol. The van der Waals surface area contributed by atoms with E-state index in [0.717, 1.165) is 0 Å². The van der Waals surface area contributed by atoms with E-state index in [1.54, 1.807) is 12.1 Å². The summed E-state index contributed by atoms with van der Waals surface area (Å²) >= 11 is 3.24. The lowest BCUT2D eigenvalue weighted by molar-refractivity contribution is 0.0473. The summed E-state index contributed by atoms with van der Waals surface area (Å²) in [4.78, 5) is 23.9. The van der Waals surface area contributed by atoms with Crippen molar-refractivity contribution in [1.29, 1.82) is 0 Å². The number of ketones is 1. The van der Waals surface area contributed by atoms with Gasteiger partial charge in [0.15, 0.2) is 12.4 Å². The largest absolute Gasteiger partial charge is 0.497 e. The first-order valence-electron chi connectivity index (χ1n) is 6.30. The standard InChI is InChI=1S/C16H12BrFO4/c1-21-12-6-7-14(17)13(8-12)16(20)22-9-15(19)10-2-4-11(18)5-3-10/h2-8H,9H2,1H3. The fourth-order valence-corrected chi connectivity index (χ4v) is 2.12. The SMILES string of the molecule is COc1ccc(Br)c(C(=O)OCC(=O)c2ccc(F)cc2)c1. The summed E-state index contributed by atoms with van der Waals surface area (Å²) < 4.78 is 23.3. The van der Waals surface area contributed by atoms with Gasteiger partial charge in [-0.15, -0.1) is 0 Å². The molecule has 0 saturated carbocycles. The molecular formula is C16H12BrFO4. The normalized spacial score (nSPS) is 10.1.